The molecule has 1 N–H and O–H groups in total. The summed E-state index contributed by atoms with van der Waals surface area (Å²) < 4.78 is 44.3. The number of halogens is 4. The van der Waals surface area contributed by atoms with Crippen molar-refractivity contribution in [1.82, 2.24) is 5.01 Å². The highest BCUT2D eigenvalue weighted by molar-refractivity contribution is 9.10. The quantitative estimate of drug-likeness (QED) is 0.904. The highest BCUT2D eigenvalue weighted by Gasteiger charge is 2.34. The van der Waals surface area contributed by atoms with E-state index in [4.69, 9.17) is 4.74 Å². The molecule has 0 bridgehead atoms. The molecule has 0 spiro atoms. The Kier molecular flexibility index (Phi) is 4.14. The molecule has 1 aromatic rings. The van der Waals surface area contributed by atoms with Gasteiger partial charge in [-0.2, -0.15) is 13.2 Å². The van der Waals surface area contributed by atoms with E-state index in [2.05, 4.69) is 21.4 Å². The van der Waals surface area contributed by atoms with E-state index in [1.54, 1.807) is 5.01 Å². The van der Waals surface area contributed by atoms with Crippen molar-refractivity contribution in [1.29, 1.82) is 0 Å². The third kappa shape index (κ3) is 3.37. The Bertz CT molecular complexity index is 419. The molecular weight excluding hydrogens is 313 g/mol. The molecule has 1 aromatic carbocycles. The smallest absolute Gasteiger partial charge is 0.379 e. The summed E-state index contributed by atoms with van der Waals surface area (Å²) in [4.78, 5) is 0. The van der Waals surface area contributed by atoms with Crippen LogP contribution in [0, 0.1) is 0 Å². The molecule has 1 fully saturated rings. The highest BCUT2D eigenvalue weighted by Crippen LogP contribution is 2.36. The third-order valence-electron chi connectivity index (χ3n) is 2.58. The molecule has 7 heteroatoms. The topological polar surface area (TPSA) is 24.5 Å². The van der Waals surface area contributed by atoms with Crippen molar-refractivity contribution in [3.05, 3.63) is 28.2 Å². The summed E-state index contributed by atoms with van der Waals surface area (Å²) in [6.07, 6.45) is -4.37. The lowest BCUT2D eigenvalue weighted by molar-refractivity contribution is -0.137. The first-order chi connectivity index (χ1) is 8.47. The zero-order valence-electron chi connectivity index (χ0n) is 9.43. The second kappa shape index (κ2) is 5.46. The molecule has 3 nitrogen and oxygen atoms in total. The average Bonchev–Trinajstić information content (AvgIpc) is 2.28. The van der Waals surface area contributed by atoms with Crippen LogP contribution in [0.25, 0.3) is 0 Å². The molecule has 0 radical (unpaired) electrons. The largest absolute Gasteiger partial charge is 0.418 e. The van der Waals surface area contributed by atoms with Crippen LogP contribution in [-0.4, -0.2) is 31.3 Å². The maximum atomic E-state index is 12.8. The minimum Gasteiger partial charge on any atom is -0.379 e. The van der Waals surface area contributed by atoms with Crippen LogP contribution in [0.2, 0.25) is 0 Å². The maximum absolute atomic E-state index is 12.8. The number of nitrogens with zero attached hydrogens (tertiary/aromatic N) is 1. The van der Waals surface area contributed by atoms with Crippen LogP contribution in [0.4, 0.5) is 18.9 Å². The highest BCUT2D eigenvalue weighted by atomic mass is 79.9. The van der Waals surface area contributed by atoms with Crippen LogP contribution >= 0.6 is 15.9 Å². The molecule has 1 aliphatic rings. The summed E-state index contributed by atoms with van der Waals surface area (Å²) >= 11 is 3.18. The van der Waals surface area contributed by atoms with Crippen molar-refractivity contribution in [2.45, 2.75) is 6.18 Å². The zero-order chi connectivity index (χ0) is 13.2. The molecule has 0 saturated carbocycles. The van der Waals surface area contributed by atoms with Crippen molar-refractivity contribution < 1.29 is 17.9 Å². The van der Waals surface area contributed by atoms with Gasteiger partial charge in [-0.3, -0.25) is 0 Å². The first-order valence-corrected chi connectivity index (χ1v) is 6.22. The van der Waals surface area contributed by atoms with Gasteiger partial charge in [0, 0.05) is 17.6 Å². The molecule has 0 unspecified atom stereocenters. The minimum absolute atomic E-state index is 0.0544. The first-order valence-electron chi connectivity index (χ1n) is 5.43. The number of ether oxygens (including phenoxy) is 1. The van der Waals surface area contributed by atoms with Gasteiger partial charge in [-0.15, -0.1) is 0 Å². The maximum Gasteiger partial charge on any atom is 0.418 e. The number of benzene rings is 1. The first kappa shape index (κ1) is 13.6. The molecule has 0 atom stereocenters. The molecule has 1 aliphatic heterocycles. The van der Waals surface area contributed by atoms with Gasteiger partial charge < -0.3 is 10.2 Å². The van der Waals surface area contributed by atoms with Crippen molar-refractivity contribution in [3.63, 3.8) is 0 Å². The van der Waals surface area contributed by atoms with Gasteiger partial charge in [0.25, 0.3) is 0 Å². The van der Waals surface area contributed by atoms with E-state index in [-0.39, 0.29) is 5.69 Å². The number of hydrazine groups is 1. The monoisotopic (exact) mass is 324 g/mol. The Hall–Kier alpha value is -0.790. The van der Waals surface area contributed by atoms with Gasteiger partial charge in [0.1, 0.15) is 0 Å². The van der Waals surface area contributed by atoms with Crippen molar-refractivity contribution in [3.8, 4) is 0 Å². The predicted molar refractivity (Wildman–Crippen MR) is 65.2 cm³/mol. The van der Waals surface area contributed by atoms with Crippen molar-refractivity contribution in [2.75, 3.05) is 31.7 Å². The summed E-state index contributed by atoms with van der Waals surface area (Å²) in [6, 6.07) is 3.87. The van der Waals surface area contributed by atoms with Crippen LogP contribution in [0.15, 0.2) is 22.7 Å². The molecule has 1 saturated heterocycles. The Labute approximate surface area is 111 Å². The fourth-order valence-corrected chi connectivity index (χ4v) is 2.06. The van der Waals surface area contributed by atoms with Gasteiger partial charge in [0.15, 0.2) is 0 Å². The second-order valence-electron chi connectivity index (χ2n) is 3.90. The molecule has 18 heavy (non-hydrogen) atoms. The summed E-state index contributed by atoms with van der Waals surface area (Å²) in [7, 11) is 0. The summed E-state index contributed by atoms with van der Waals surface area (Å²) in [5.41, 5.74) is 2.19. The van der Waals surface area contributed by atoms with E-state index in [0.717, 1.165) is 6.07 Å². The lowest BCUT2D eigenvalue weighted by Crippen LogP contribution is -2.40. The molecular formula is C11H12BrF3N2O. The fourth-order valence-electron chi connectivity index (χ4n) is 1.70. The number of hydrogen-bond donors (Lipinski definition) is 1. The third-order valence-corrected chi connectivity index (χ3v) is 3.07. The van der Waals surface area contributed by atoms with Crippen LogP contribution in [-0.2, 0) is 10.9 Å². The summed E-state index contributed by atoms with van der Waals surface area (Å²) in [6.45, 7) is 2.15. The second-order valence-corrected chi connectivity index (χ2v) is 4.81. The van der Waals surface area contributed by atoms with Gasteiger partial charge in [-0.25, -0.2) is 5.01 Å². The number of alkyl halides is 3. The van der Waals surface area contributed by atoms with Gasteiger partial charge in [-0.1, -0.05) is 15.9 Å². The van der Waals surface area contributed by atoms with Crippen molar-refractivity contribution >= 4 is 21.6 Å². The van der Waals surface area contributed by atoms with Gasteiger partial charge in [0.05, 0.1) is 24.5 Å². The SMILES string of the molecule is FC(F)(F)c1ccc(Br)cc1NN1CCOCC1. The molecule has 100 valence electrons. The Morgan fingerprint density at radius 1 is 1.22 bits per heavy atom. The van der Waals surface area contributed by atoms with E-state index >= 15 is 0 Å². The Morgan fingerprint density at radius 2 is 1.89 bits per heavy atom. The van der Waals surface area contributed by atoms with Crippen LogP contribution < -0.4 is 5.43 Å². The molecule has 1 heterocycles. The van der Waals surface area contributed by atoms with E-state index < -0.39 is 11.7 Å². The number of rotatable bonds is 2. The van der Waals surface area contributed by atoms with Gasteiger partial charge in [-0.05, 0) is 18.2 Å². The molecule has 0 aliphatic carbocycles. The van der Waals surface area contributed by atoms with Gasteiger partial charge >= 0.3 is 6.18 Å². The summed E-state index contributed by atoms with van der Waals surface area (Å²) in [5.74, 6) is 0. The average molecular weight is 325 g/mol. The zero-order valence-corrected chi connectivity index (χ0v) is 11.0. The summed E-state index contributed by atoms with van der Waals surface area (Å²) in [5, 5.41) is 1.72. The van der Waals surface area contributed by atoms with E-state index in [9.17, 15) is 13.2 Å². The Balaban J connectivity index is 2.21. The van der Waals surface area contributed by atoms with E-state index in [1.165, 1.54) is 12.1 Å². The van der Waals surface area contributed by atoms with Crippen LogP contribution in [0.1, 0.15) is 5.56 Å². The lowest BCUT2D eigenvalue weighted by Gasteiger charge is -2.29. The lowest BCUT2D eigenvalue weighted by atomic mass is 10.2. The number of nitrogens with one attached hydrogen (secondary N) is 1. The predicted octanol–water partition coefficient (Wildman–Crippen LogP) is 3.13. The molecule has 0 amide bonds. The van der Waals surface area contributed by atoms with Gasteiger partial charge in [0.2, 0.25) is 0 Å². The molecule has 0 aromatic heterocycles. The number of hydrogen-bond acceptors (Lipinski definition) is 3. The normalized spacial score (nSPS) is 17.8. The van der Waals surface area contributed by atoms with Crippen LogP contribution in [0.5, 0.6) is 0 Å². The van der Waals surface area contributed by atoms with Crippen molar-refractivity contribution in [2.24, 2.45) is 0 Å². The van der Waals surface area contributed by atoms with E-state index in [1.807, 2.05) is 0 Å². The Morgan fingerprint density at radius 3 is 2.50 bits per heavy atom. The number of anilines is 1. The van der Waals surface area contributed by atoms with E-state index in [0.29, 0.717) is 30.8 Å². The van der Waals surface area contributed by atoms with Crippen LogP contribution in [0.3, 0.4) is 0 Å². The standard InChI is InChI=1S/C11H12BrF3N2O/c12-8-1-2-9(11(13,14)15)10(7-8)16-17-3-5-18-6-4-17/h1-2,7,16H,3-6H2. The molecule has 2 rings (SSSR count). The fraction of sp³-hybridized carbons (Fsp3) is 0.455. The minimum atomic E-state index is -4.37. The number of morpholine rings is 1.